The maximum atomic E-state index is 13.7. The first kappa shape index (κ1) is 36.7. The van der Waals surface area contributed by atoms with Crippen molar-refractivity contribution >= 4 is 68.1 Å². The zero-order valence-corrected chi connectivity index (χ0v) is 31.8. The highest BCUT2D eigenvalue weighted by atomic mass is 16.5. The molecule has 5 N–H and O–H groups in total. The minimum absolute atomic E-state index is 0.146. The summed E-state index contributed by atoms with van der Waals surface area (Å²) < 4.78 is 11.1. The molecule has 0 unspecified atom stereocenters. The van der Waals surface area contributed by atoms with Crippen LogP contribution in [0.15, 0.2) is 40.8 Å². The molecule has 4 atom stereocenters. The zero-order chi connectivity index (χ0) is 39.4. The summed E-state index contributed by atoms with van der Waals surface area (Å²) in [7, 11) is 1.27. The lowest BCUT2D eigenvalue weighted by Crippen LogP contribution is -2.51. The Morgan fingerprint density at radius 2 is 1.45 bits per heavy atom. The van der Waals surface area contributed by atoms with Crippen molar-refractivity contribution in [3.8, 4) is 11.6 Å². The number of methoxy groups -OCH3 is 1. The van der Waals surface area contributed by atoms with Crippen LogP contribution in [-0.2, 0) is 14.3 Å². The lowest BCUT2D eigenvalue weighted by molar-refractivity contribution is -0.136. The van der Waals surface area contributed by atoms with Crippen LogP contribution in [0.1, 0.15) is 77.1 Å². The van der Waals surface area contributed by atoms with E-state index >= 15 is 0 Å². The van der Waals surface area contributed by atoms with Crippen LogP contribution in [0.4, 0.5) is 9.59 Å². The average molecular weight is 765 g/mol. The number of hydrogen-bond acceptors (Lipinski definition) is 10. The number of fused-ring (bicyclic) bond motifs is 6. The minimum atomic E-state index is -1.24. The topological polar surface area (TPSA) is 225 Å². The largest absolute Gasteiger partial charge is 0.465 e. The van der Waals surface area contributed by atoms with Crippen molar-refractivity contribution in [1.82, 2.24) is 50.3 Å². The summed E-state index contributed by atoms with van der Waals surface area (Å²) in [6.45, 7) is 8.43. The number of hydrogen-bond donors (Lipinski definition) is 5. The molecule has 56 heavy (non-hydrogen) atoms. The van der Waals surface area contributed by atoms with Gasteiger partial charge in [-0.2, -0.15) is 0 Å². The molecule has 17 heteroatoms. The van der Waals surface area contributed by atoms with E-state index in [1.54, 1.807) is 9.80 Å². The molecule has 4 amide bonds. The standard InChI is InChI=1S/C39H44N10O7/c1-18(2)28(46-38(52)53)36(50)48-16-6-8-26(48)33-41-22-13-12-21-20(30(22)44-33)10-11-25(40-21)35-43-24-15-14-23-31(32(24)56-35)45-34(42-23)27-9-7-17-49(27)37(51)29(19(3)4)47-39(54)55-5/h10-15,18-19,26-29,40,46H,6-9,16-17H2,1-5H3,(H,42,45)(H,47,54)(H,52,53)/t26-,27-,28-,29-/m0/s1. The first-order valence-corrected chi connectivity index (χ1v) is 19.0. The second kappa shape index (κ2) is 14.4. The molecule has 17 nitrogen and oxygen atoms in total. The van der Waals surface area contributed by atoms with Crippen LogP contribution in [0, 0.1) is 11.8 Å². The molecule has 2 aromatic carbocycles. The Hall–Kier alpha value is -6.26. The van der Waals surface area contributed by atoms with Gasteiger partial charge in [-0.25, -0.2) is 29.5 Å². The van der Waals surface area contributed by atoms with Crippen LogP contribution >= 0.6 is 0 Å². The number of carbonyl (C=O) groups is 4. The SMILES string of the molecule is COC(=O)N[C@H](C(=O)N1CCC[C@H]1c1nc2c(ccc3nc(-c4ccc5c(ccc6nc([C@@H]7CCCN7C(=O)[C@@H](NC(=O)O)C(C)C)nc65)[nH]4)oc32)[nH]1)C(C)C. The Kier molecular flexibility index (Phi) is 9.46. The molecule has 0 aliphatic carbocycles. The molecule has 2 saturated heterocycles. The third-order valence-corrected chi connectivity index (χ3v) is 10.9. The number of aromatic amines is 2. The van der Waals surface area contributed by atoms with Gasteiger partial charge in [-0.1, -0.05) is 27.7 Å². The number of ether oxygens (including phenoxy) is 1. The molecular weight excluding hydrogens is 720 g/mol. The highest BCUT2D eigenvalue weighted by Crippen LogP contribution is 2.37. The first-order chi connectivity index (χ1) is 26.9. The summed E-state index contributed by atoms with van der Waals surface area (Å²) in [6, 6.07) is 9.11. The second-order valence-electron chi connectivity index (χ2n) is 15.2. The van der Waals surface area contributed by atoms with Crippen molar-refractivity contribution in [1.29, 1.82) is 0 Å². The van der Waals surface area contributed by atoms with Crippen LogP contribution in [0.2, 0.25) is 0 Å². The number of pyridine rings is 1. The fourth-order valence-electron chi connectivity index (χ4n) is 8.04. The molecule has 0 radical (unpaired) electrons. The Morgan fingerprint density at radius 1 is 0.786 bits per heavy atom. The number of carbonyl (C=O) groups excluding carboxylic acids is 3. The van der Waals surface area contributed by atoms with E-state index in [2.05, 4.69) is 20.6 Å². The lowest BCUT2D eigenvalue weighted by atomic mass is 10.0. The van der Waals surface area contributed by atoms with E-state index in [1.165, 1.54) is 7.11 Å². The van der Waals surface area contributed by atoms with Crippen molar-refractivity contribution in [2.45, 2.75) is 77.5 Å². The smallest absolute Gasteiger partial charge is 0.407 e. The van der Waals surface area contributed by atoms with Gasteiger partial charge in [0.25, 0.3) is 0 Å². The zero-order valence-electron chi connectivity index (χ0n) is 31.8. The summed E-state index contributed by atoms with van der Waals surface area (Å²) in [5.74, 6) is 0.707. The molecule has 4 aromatic heterocycles. The van der Waals surface area contributed by atoms with Crippen molar-refractivity contribution in [3.63, 3.8) is 0 Å². The minimum Gasteiger partial charge on any atom is -0.465 e. The predicted molar refractivity (Wildman–Crippen MR) is 205 cm³/mol. The molecule has 292 valence electrons. The Morgan fingerprint density at radius 3 is 2.14 bits per heavy atom. The third-order valence-electron chi connectivity index (χ3n) is 10.9. The number of H-pyrrole nitrogens is 2. The van der Waals surface area contributed by atoms with E-state index in [0.717, 1.165) is 29.3 Å². The monoisotopic (exact) mass is 764 g/mol. The van der Waals surface area contributed by atoms with E-state index in [-0.39, 0.29) is 35.7 Å². The second-order valence-corrected chi connectivity index (χ2v) is 15.2. The maximum Gasteiger partial charge on any atom is 0.407 e. The van der Waals surface area contributed by atoms with Crippen LogP contribution in [0.3, 0.4) is 0 Å². The van der Waals surface area contributed by atoms with E-state index in [9.17, 15) is 24.3 Å². The molecule has 6 aromatic rings. The van der Waals surface area contributed by atoms with E-state index in [4.69, 9.17) is 29.1 Å². The summed E-state index contributed by atoms with van der Waals surface area (Å²) in [4.78, 5) is 80.4. The molecule has 2 aliphatic rings. The number of alkyl carbamates (subject to hydrolysis) is 1. The average Bonchev–Trinajstić information content (AvgIpc) is 4.02. The van der Waals surface area contributed by atoms with Gasteiger partial charge >= 0.3 is 12.2 Å². The molecule has 2 fully saturated rings. The number of rotatable bonds is 9. The van der Waals surface area contributed by atoms with Crippen molar-refractivity contribution in [3.05, 3.63) is 48.0 Å². The van der Waals surface area contributed by atoms with Crippen LogP contribution in [0.5, 0.6) is 0 Å². The van der Waals surface area contributed by atoms with Gasteiger partial charge < -0.3 is 44.7 Å². The van der Waals surface area contributed by atoms with Crippen molar-refractivity contribution < 1.29 is 33.4 Å². The van der Waals surface area contributed by atoms with Crippen molar-refractivity contribution in [2.24, 2.45) is 11.8 Å². The quantitative estimate of drug-likeness (QED) is 0.118. The molecule has 2 aliphatic heterocycles. The molecule has 0 bridgehead atoms. The van der Waals surface area contributed by atoms with Gasteiger partial charge in [0.2, 0.25) is 17.7 Å². The number of oxazole rings is 1. The van der Waals surface area contributed by atoms with Crippen LogP contribution < -0.4 is 10.6 Å². The Balaban J connectivity index is 1.07. The first-order valence-electron chi connectivity index (χ1n) is 19.0. The summed E-state index contributed by atoms with van der Waals surface area (Å²) in [6.07, 6.45) is 1.07. The number of nitrogens with one attached hydrogen (secondary N) is 4. The van der Waals surface area contributed by atoms with Gasteiger partial charge in [0.05, 0.1) is 30.2 Å². The molecular formula is C39H44N10O7. The molecule has 0 saturated carbocycles. The maximum absolute atomic E-state index is 13.7. The highest BCUT2D eigenvalue weighted by molar-refractivity contribution is 6.04. The number of amides is 4. The van der Waals surface area contributed by atoms with E-state index < -0.39 is 24.3 Å². The Bertz CT molecular complexity index is 2500. The summed E-state index contributed by atoms with van der Waals surface area (Å²) >= 11 is 0. The normalized spacial score (nSPS) is 18.5. The lowest BCUT2D eigenvalue weighted by Gasteiger charge is -2.29. The van der Waals surface area contributed by atoms with E-state index in [1.807, 2.05) is 64.1 Å². The highest BCUT2D eigenvalue weighted by Gasteiger charge is 2.39. The van der Waals surface area contributed by atoms with Gasteiger partial charge in [0.1, 0.15) is 40.2 Å². The van der Waals surface area contributed by atoms with Gasteiger partial charge in [0.15, 0.2) is 11.4 Å². The number of aromatic nitrogens is 6. The fraction of sp³-hybridized carbons (Fsp3) is 0.436. The number of nitrogens with zero attached hydrogens (tertiary/aromatic N) is 6. The van der Waals surface area contributed by atoms with Gasteiger partial charge in [-0.15, -0.1) is 0 Å². The molecule has 6 heterocycles. The third kappa shape index (κ3) is 6.49. The number of benzene rings is 2. The van der Waals surface area contributed by atoms with Gasteiger partial charge in [0, 0.05) is 24.0 Å². The molecule has 0 spiro atoms. The summed E-state index contributed by atoms with van der Waals surface area (Å²) in [5.41, 5.74) is 5.28. The molecule has 8 rings (SSSR count). The Labute approximate surface area is 320 Å². The number of likely N-dealkylation sites (tertiary alicyclic amines) is 2. The predicted octanol–water partition coefficient (Wildman–Crippen LogP) is 5.80. The number of carboxylic acid groups (broad SMARTS) is 1. The van der Waals surface area contributed by atoms with Gasteiger partial charge in [-0.3, -0.25) is 9.59 Å². The van der Waals surface area contributed by atoms with Crippen LogP contribution in [-0.4, -0.2) is 101 Å². The number of imidazole rings is 2. The fourth-order valence-corrected chi connectivity index (χ4v) is 8.04. The van der Waals surface area contributed by atoms with Crippen LogP contribution in [0.25, 0.3) is 55.7 Å². The van der Waals surface area contributed by atoms with Crippen molar-refractivity contribution in [2.75, 3.05) is 20.2 Å². The van der Waals surface area contributed by atoms with Gasteiger partial charge in [-0.05, 0) is 73.9 Å². The summed E-state index contributed by atoms with van der Waals surface area (Å²) in [5, 5.41) is 15.2. The van der Waals surface area contributed by atoms with E-state index in [0.29, 0.717) is 76.8 Å².